The third-order valence-corrected chi connectivity index (χ3v) is 10.2. The average Bonchev–Trinajstić information content (AvgIpc) is 2.42. The van der Waals surface area contributed by atoms with Crippen LogP contribution in [0, 0.1) is 6.92 Å². The molecular formula is C16H27NO4SSi. The summed E-state index contributed by atoms with van der Waals surface area (Å²) in [7, 11) is -5.78. The van der Waals surface area contributed by atoms with E-state index in [0.717, 1.165) is 5.56 Å². The lowest BCUT2D eigenvalue weighted by Crippen LogP contribution is -2.47. The van der Waals surface area contributed by atoms with Crippen molar-refractivity contribution in [1.82, 2.24) is 4.72 Å². The van der Waals surface area contributed by atoms with Crippen molar-refractivity contribution in [3.05, 3.63) is 29.8 Å². The number of rotatable bonds is 7. The van der Waals surface area contributed by atoms with Gasteiger partial charge in [-0.25, -0.2) is 13.1 Å². The Kier molecular flexibility index (Phi) is 6.31. The highest BCUT2D eigenvalue weighted by Crippen LogP contribution is 2.37. The smallest absolute Gasteiger partial charge is 0.240 e. The van der Waals surface area contributed by atoms with E-state index in [1.807, 2.05) is 20.0 Å². The first-order valence-corrected chi connectivity index (χ1v) is 12.0. The van der Waals surface area contributed by atoms with E-state index in [4.69, 9.17) is 4.43 Å². The Morgan fingerprint density at radius 3 is 2.17 bits per heavy atom. The first kappa shape index (κ1) is 20.0. The minimum atomic E-state index is -3.65. The Labute approximate surface area is 140 Å². The molecule has 0 saturated heterocycles. The highest BCUT2D eigenvalue weighted by Gasteiger charge is 2.39. The van der Waals surface area contributed by atoms with Crippen LogP contribution in [0.2, 0.25) is 18.1 Å². The summed E-state index contributed by atoms with van der Waals surface area (Å²) in [5, 5.41) is -0.0515. The number of carbonyl (C=O) groups excluding carboxylic acids is 1. The van der Waals surface area contributed by atoms with E-state index >= 15 is 0 Å². The molecular weight excluding hydrogens is 330 g/mol. The fourth-order valence-corrected chi connectivity index (χ4v) is 3.96. The van der Waals surface area contributed by atoms with E-state index in [1.54, 1.807) is 24.3 Å². The number of hydrogen-bond acceptors (Lipinski definition) is 4. The van der Waals surface area contributed by atoms with Crippen LogP contribution in [0.1, 0.15) is 26.3 Å². The molecule has 23 heavy (non-hydrogen) atoms. The molecule has 130 valence electrons. The van der Waals surface area contributed by atoms with Gasteiger partial charge in [0.15, 0.2) is 8.32 Å². The number of aldehydes is 1. The van der Waals surface area contributed by atoms with Crippen molar-refractivity contribution in [2.24, 2.45) is 0 Å². The van der Waals surface area contributed by atoms with Crippen LogP contribution < -0.4 is 4.72 Å². The lowest BCUT2D eigenvalue weighted by molar-refractivity contribution is -0.113. The van der Waals surface area contributed by atoms with E-state index in [1.165, 1.54) is 0 Å². The molecule has 0 saturated carbocycles. The summed E-state index contributed by atoms with van der Waals surface area (Å²) in [4.78, 5) is 11.5. The monoisotopic (exact) mass is 357 g/mol. The van der Waals surface area contributed by atoms with Gasteiger partial charge in [-0.2, -0.15) is 0 Å². The van der Waals surface area contributed by atoms with Crippen LogP contribution in [0.4, 0.5) is 0 Å². The standard InChI is InChI=1S/C16H27NO4SSi/c1-13-7-9-15(10-8-13)22(19,20)17-11-14(12-18)21-23(5,6)16(2,3)4/h7-10,12,14,17H,11H2,1-6H3/t14-/m1/s1. The largest absolute Gasteiger partial charge is 0.406 e. The highest BCUT2D eigenvalue weighted by molar-refractivity contribution is 7.89. The summed E-state index contributed by atoms with van der Waals surface area (Å²) in [6.07, 6.45) is -0.117. The van der Waals surface area contributed by atoms with Gasteiger partial charge >= 0.3 is 0 Å². The van der Waals surface area contributed by atoms with Gasteiger partial charge in [0.25, 0.3) is 0 Å². The van der Waals surface area contributed by atoms with Crippen molar-refractivity contribution in [2.45, 2.75) is 56.8 Å². The second-order valence-corrected chi connectivity index (χ2v) is 13.7. The number of nitrogens with one attached hydrogen (secondary N) is 1. The van der Waals surface area contributed by atoms with Gasteiger partial charge in [0.1, 0.15) is 12.4 Å². The number of benzene rings is 1. The molecule has 0 spiro atoms. The Balaban J connectivity index is 2.78. The molecule has 0 aliphatic carbocycles. The number of hydrogen-bond donors (Lipinski definition) is 1. The molecule has 0 bridgehead atoms. The maximum atomic E-state index is 12.3. The molecule has 5 nitrogen and oxygen atoms in total. The van der Waals surface area contributed by atoms with Crippen LogP contribution in [0.25, 0.3) is 0 Å². The second-order valence-electron chi connectivity index (χ2n) is 7.22. The summed E-state index contributed by atoms with van der Waals surface area (Å²) < 4.78 is 32.9. The molecule has 1 aromatic rings. The third-order valence-electron chi connectivity index (χ3n) is 4.21. The van der Waals surface area contributed by atoms with Crippen molar-refractivity contribution in [3.63, 3.8) is 0 Å². The van der Waals surface area contributed by atoms with E-state index in [2.05, 4.69) is 25.5 Å². The summed E-state index contributed by atoms with van der Waals surface area (Å²) in [5.41, 5.74) is 0.982. The molecule has 1 rings (SSSR count). The second kappa shape index (κ2) is 7.25. The van der Waals surface area contributed by atoms with Gasteiger partial charge in [0.05, 0.1) is 4.90 Å². The Morgan fingerprint density at radius 2 is 1.74 bits per heavy atom. The van der Waals surface area contributed by atoms with Crippen molar-refractivity contribution in [1.29, 1.82) is 0 Å². The minimum Gasteiger partial charge on any atom is -0.406 e. The lowest BCUT2D eigenvalue weighted by atomic mass is 10.2. The first-order chi connectivity index (χ1) is 10.4. The van der Waals surface area contributed by atoms with Crippen molar-refractivity contribution >= 4 is 24.6 Å². The van der Waals surface area contributed by atoms with Crippen LogP contribution in [-0.2, 0) is 19.2 Å². The van der Waals surface area contributed by atoms with Crippen LogP contribution in [-0.4, -0.2) is 35.7 Å². The molecule has 1 atom stereocenters. The zero-order valence-electron chi connectivity index (χ0n) is 14.7. The fraction of sp³-hybridized carbons (Fsp3) is 0.562. The quantitative estimate of drug-likeness (QED) is 0.601. The summed E-state index contributed by atoms with van der Waals surface area (Å²) in [6.45, 7) is 12.1. The SMILES string of the molecule is Cc1ccc(S(=O)(=O)NC[C@H](C=O)O[Si](C)(C)C(C)(C)C)cc1. The molecule has 1 aromatic carbocycles. The topological polar surface area (TPSA) is 72.5 Å². The van der Waals surface area contributed by atoms with E-state index in [0.29, 0.717) is 6.29 Å². The number of aryl methyl sites for hydroxylation is 1. The molecule has 0 aliphatic rings. The van der Waals surface area contributed by atoms with Gasteiger partial charge in [-0.15, -0.1) is 0 Å². The number of sulfonamides is 1. The number of carbonyl (C=O) groups is 1. The van der Waals surface area contributed by atoms with Crippen LogP contribution in [0.15, 0.2) is 29.2 Å². The molecule has 0 radical (unpaired) electrons. The molecule has 0 fully saturated rings. The molecule has 0 unspecified atom stereocenters. The van der Waals surface area contributed by atoms with Gasteiger partial charge in [0, 0.05) is 6.54 Å². The molecule has 0 aliphatic heterocycles. The predicted octanol–water partition coefficient (Wildman–Crippen LogP) is 2.86. The third kappa shape index (κ3) is 5.52. The maximum absolute atomic E-state index is 12.3. The van der Waals surface area contributed by atoms with Crippen molar-refractivity contribution in [3.8, 4) is 0 Å². The Hall–Kier alpha value is -1.02. The van der Waals surface area contributed by atoms with Gasteiger partial charge < -0.3 is 9.22 Å². The fourth-order valence-electron chi connectivity index (χ4n) is 1.67. The van der Waals surface area contributed by atoms with Gasteiger partial charge in [-0.05, 0) is 37.2 Å². The molecule has 1 N–H and O–H groups in total. The predicted molar refractivity (Wildman–Crippen MR) is 94.5 cm³/mol. The van der Waals surface area contributed by atoms with Gasteiger partial charge in [-0.3, -0.25) is 0 Å². The summed E-state index contributed by atoms with van der Waals surface area (Å²) in [6, 6.07) is 6.56. The normalized spacial score (nSPS) is 14.5. The minimum absolute atomic E-state index is 0.0515. The van der Waals surface area contributed by atoms with Crippen LogP contribution in [0.3, 0.4) is 0 Å². The molecule has 0 heterocycles. The Morgan fingerprint density at radius 1 is 1.22 bits per heavy atom. The zero-order valence-corrected chi connectivity index (χ0v) is 16.5. The Bertz CT molecular complexity index is 633. The first-order valence-electron chi connectivity index (χ1n) is 7.58. The van der Waals surface area contributed by atoms with Crippen molar-refractivity contribution < 1.29 is 17.6 Å². The maximum Gasteiger partial charge on any atom is 0.240 e. The summed E-state index contributed by atoms with van der Waals surface area (Å²) >= 11 is 0. The van der Waals surface area contributed by atoms with E-state index in [9.17, 15) is 13.2 Å². The molecule has 0 aromatic heterocycles. The lowest BCUT2D eigenvalue weighted by Gasteiger charge is -2.38. The highest BCUT2D eigenvalue weighted by atomic mass is 32.2. The average molecular weight is 358 g/mol. The van der Waals surface area contributed by atoms with Crippen LogP contribution in [0.5, 0.6) is 0 Å². The molecule has 7 heteroatoms. The van der Waals surface area contributed by atoms with E-state index < -0.39 is 24.4 Å². The zero-order chi connectivity index (χ0) is 17.9. The van der Waals surface area contributed by atoms with Gasteiger partial charge in [-0.1, -0.05) is 38.5 Å². The molecule has 0 amide bonds. The van der Waals surface area contributed by atoms with Crippen LogP contribution >= 0.6 is 0 Å². The van der Waals surface area contributed by atoms with E-state index in [-0.39, 0.29) is 16.5 Å². The van der Waals surface area contributed by atoms with Gasteiger partial charge in [0.2, 0.25) is 10.0 Å². The van der Waals surface area contributed by atoms with Crippen molar-refractivity contribution in [2.75, 3.05) is 6.54 Å². The summed E-state index contributed by atoms with van der Waals surface area (Å²) in [5.74, 6) is 0.